The predicted octanol–water partition coefficient (Wildman–Crippen LogP) is 3.83. The van der Waals surface area contributed by atoms with Gasteiger partial charge in [0.25, 0.3) is 11.7 Å². The van der Waals surface area contributed by atoms with Crippen molar-refractivity contribution in [3.8, 4) is 5.75 Å². The van der Waals surface area contributed by atoms with Crippen molar-refractivity contribution in [3.05, 3.63) is 69.7 Å². The quantitative estimate of drug-likeness (QED) is 0.376. The van der Waals surface area contributed by atoms with Gasteiger partial charge in [-0.3, -0.25) is 9.59 Å². The Hall–Kier alpha value is -2.64. The van der Waals surface area contributed by atoms with Crippen molar-refractivity contribution in [3.63, 3.8) is 0 Å². The topological polar surface area (TPSA) is 70.1 Å². The third-order valence-corrected chi connectivity index (χ3v) is 5.48. The largest absolute Gasteiger partial charge is 0.507 e. The molecule has 30 heavy (non-hydrogen) atoms. The van der Waals surface area contributed by atoms with E-state index in [2.05, 4.69) is 15.9 Å². The summed E-state index contributed by atoms with van der Waals surface area (Å²) in [6.45, 7) is 3.41. The van der Waals surface area contributed by atoms with E-state index >= 15 is 0 Å². The van der Waals surface area contributed by atoms with Crippen molar-refractivity contribution in [1.29, 1.82) is 0 Å². The van der Waals surface area contributed by atoms with Crippen LogP contribution in [0.4, 0.5) is 0 Å². The number of aliphatic hydroxyl groups is 1. The first kappa shape index (κ1) is 22.1. The molecule has 0 saturated carbocycles. The van der Waals surface area contributed by atoms with Crippen LogP contribution in [0.1, 0.15) is 24.1 Å². The normalized spacial score (nSPS) is 18.3. The Morgan fingerprint density at radius 3 is 2.30 bits per heavy atom. The fourth-order valence-corrected chi connectivity index (χ4v) is 3.71. The van der Waals surface area contributed by atoms with Crippen molar-refractivity contribution in [2.24, 2.45) is 0 Å². The van der Waals surface area contributed by atoms with Gasteiger partial charge in [0.05, 0.1) is 18.2 Å². The maximum atomic E-state index is 12.9. The molecule has 1 unspecified atom stereocenters. The van der Waals surface area contributed by atoms with Gasteiger partial charge in [0.15, 0.2) is 0 Å². The van der Waals surface area contributed by atoms with Gasteiger partial charge in [-0.05, 0) is 50.8 Å². The number of likely N-dealkylation sites (N-methyl/N-ethyl adjacent to an activating group) is 1. The van der Waals surface area contributed by atoms with Crippen LogP contribution in [-0.4, -0.2) is 60.4 Å². The zero-order chi connectivity index (χ0) is 21.8. The maximum Gasteiger partial charge on any atom is 0.295 e. The number of carbonyl (C=O) groups is 2. The van der Waals surface area contributed by atoms with E-state index in [1.807, 2.05) is 50.2 Å². The molecule has 1 aliphatic heterocycles. The Kier molecular flexibility index (Phi) is 6.95. The number of halogens is 1. The number of aliphatic hydroxyl groups excluding tert-OH is 1. The van der Waals surface area contributed by atoms with Crippen LogP contribution in [0.3, 0.4) is 0 Å². The molecule has 158 valence electrons. The summed E-state index contributed by atoms with van der Waals surface area (Å²) in [6, 6.07) is 13.6. The SMILES string of the molecule is CCOc1ccc(C2/C(=C(/O)c3ccc(Br)cc3)C(=O)C(=O)N2CCN(C)C)cc1. The monoisotopic (exact) mass is 472 g/mol. The fraction of sp³-hybridized carbons (Fsp3) is 0.304. The average molecular weight is 473 g/mol. The number of nitrogens with zero attached hydrogens (tertiary/aromatic N) is 2. The standard InChI is InChI=1S/C23H25BrN2O4/c1-4-30-18-11-7-15(8-12-18)20-19(21(27)16-5-9-17(24)10-6-16)22(28)23(29)26(20)14-13-25(2)3/h5-12,20,27H,4,13-14H2,1-3H3/b21-19-. The highest BCUT2D eigenvalue weighted by Crippen LogP contribution is 2.39. The van der Waals surface area contributed by atoms with E-state index in [0.29, 0.717) is 31.0 Å². The second kappa shape index (κ2) is 9.45. The van der Waals surface area contributed by atoms with Crippen LogP contribution in [0.5, 0.6) is 5.75 Å². The summed E-state index contributed by atoms with van der Waals surface area (Å²) < 4.78 is 6.36. The van der Waals surface area contributed by atoms with E-state index < -0.39 is 17.7 Å². The lowest BCUT2D eigenvalue weighted by atomic mass is 9.95. The predicted molar refractivity (Wildman–Crippen MR) is 119 cm³/mol. The molecule has 6 nitrogen and oxygen atoms in total. The smallest absolute Gasteiger partial charge is 0.295 e. The number of ether oxygens (including phenoxy) is 1. The summed E-state index contributed by atoms with van der Waals surface area (Å²) in [4.78, 5) is 29.3. The summed E-state index contributed by atoms with van der Waals surface area (Å²) in [7, 11) is 3.81. The summed E-state index contributed by atoms with van der Waals surface area (Å²) in [5, 5.41) is 11.0. The van der Waals surface area contributed by atoms with Crippen molar-refractivity contribution in [1.82, 2.24) is 9.80 Å². The number of carbonyl (C=O) groups excluding carboxylic acids is 2. The molecular weight excluding hydrogens is 448 g/mol. The third kappa shape index (κ3) is 4.57. The first-order chi connectivity index (χ1) is 14.3. The minimum Gasteiger partial charge on any atom is -0.507 e. The van der Waals surface area contributed by atoms with Crippen LogP contribution >= 0.6 is 15.9 Å². The Labute approximate surface area is 184 Å². The van der Waals surface area contributed by atoms with Gasteiger partial charge in [-0.2, -0.15) is 0 Å². The summed E-state index contributed by atoms with van der Waals surface area (Å²) >= 11 is 3.37. The average Bonchev–Trinajstić information content (AvgIpc) is 2.98. The first-order valence-corrected chi connectivity index (χ1v) is 10.5. The van der Waals surface area contributed by atoms with Crippen molar-refractivity contribution >= 4 is 33.4 Å². The summed E-state index contributed by atoms with van der Waals surface area (Å²) in [5.41, 5.74) is 1.33. The molecule has 3 rings (SSSR count). The van der Waals surface area contributed by atoms with Crippen LogP contribution in [0.2, 0.25) is 0 Å². The minimum absolute atomic E-state index is 0.102. The van der Waals surface area contributed by atoms with Crippen molar-refractivity contribution < 1.29 is 19.4 Å². The lowest BCUT2D eigenvalue weighted by molar-refractivity contribution is -0.140. The number of amides is 1. The van der Waals surface area contributed by atoms with E-state index in [9.17, 15) is 14.7 Å². The van der Waals surface area contributed by atoms with Crippen LogP contribution in [0.25, 0.3) is 5.76 Å². The lowest BCUT2D eigenvalue weighted by Crippen LogP contribution is -2.35. The molecule has 1 aliphatic rings. The second-order valence-electron chi connectivity index (χ2n) is 7.30. The number of hydrogen-bond acceptors (Lipinski definition) is 5. The van der Waals surface area contributed by atoms with E-state index in [1.54, 1.807) is 24.3 Å². The highest BCUT2D eigenvalue weighted by molar-refractivity contribution is 9.10. The number of Topliss-reactive ketones (excluding diaryl/α,β-unsaturated/α-hetero) is 1. The second-order valence-corrected chi connectivity index (χ2v) is 8.22. The minimum atomic E-state index is -0.673. The van der Waals surface area contributed by atoms with Crippen LogP contribution in [0, 0.1) is 0 Å². The van der Waals surface area contributed by atoms with Gasteiger partial charge in [0.2, 0.25) is 0 Å². The molecule has 0 aromatic heterocycles. The first-order valence-electron chi connectivity index (χ1n) is 9.75. The molecule has 0 radical (unpaired) electrons. The van der Waals surface area contributed by atoms with Gasteiger partial charge in [-0.15, -0.1) is 0 Å². The van der Waals surface area contributed by atoms with Crippen molar-refractivity contribution in [2.75, 3.05) is 33.8 Å². The Bertz CT molecular complexity index is 952. The molecule has 0 bridgehead atoms. The molecule has 1 N–H and O–H groups in total. The van der Waals surface area contributed by atoms with Gasteiger partial charge in [0.1, 0.15) is 11.5 Å². The Morgan fingerprint density at radius 1 is 1.10 bits per heavy atom. The molecule has 1 saturated heterocycles. The molecular formula is C23H25BrN2O4. The van der Waals surface area contributed by atoms with E-state index in [1.165, 1.54) is 4.90 Å². The Balaban J connectivity index is 2.10. The van der Waals surface area contributed by atoms with Gasteiger partial charge >= 0.3 is 0 Å². The summed E-state index contributed by atoms with van der Waals surface area (Å²) in [6.07, 6.45) is 0. The Morgan fingerprint density at radius 2 is 1.73 bits per heavy atom. The molecule has 0 spiro atoms. The molecule has 1 atom stereocenters. The van der Waals surface area contributed by atoms with Crippen LogP contribution in [-0.2, 0) is 9.59 Å². The van der Waals surface area contributed by atoms with Gasteiger partial charge in [-0.25, -0.2) is 0 Å². The van der Waals surface area contributed by atoms with Crippen molar-refractivity contribution in [2.45, 2.75) is 13.0 Å². The molecule has 0 aliphatic carbocycles. The molecule has 1 fully saturated rings. The highest BCUT2D eigenvalue weighted by atomic mass is 79.9. The summed E-state index contributed by atoms with van der Waals surface area (Å²) in [5.74, 6) is -0.742. The zero-order valence-electron chi connectivity index (χ0n) is 17.3. The van der Waals surface area contributed by atoms with E-state index in [0.717, 1.165) is 10.0 Å². The number of benzene rings is 2. The number of likely N-dealkylation sites (tertiary alicyclic amines) is 1. The fourth-order valence-electron chi connectivity index (χ4n) is 3.44. The molecule has 7 heteroatoms. The number of hydrogen-bond donors (Lipinski definition) is 1. The van der Waals surface area contributed by atoms with Gasteiger partial charge in [0, 0.05) is 23.1 Å². The highest BCUT2D eigenvalue weighted by Gasteiger charge is 2.45. The lowest BCUT2D eigenvalue weighted by Gasteiger charge is -2.26. The van der Waals surface area contributed by atoms with E-state index in [4.69, 9.17) is 4.74 Å². The number of ketones is 1. The maximum absolute atomic E-state index is 12.9. The third-order valence-electron chi connectivity index (χ3n) is 4.95. The molecule has 1 heterocycles. The molecule has 2 aromatic rings. The molecule has 2 aromatic carbocycles. The number of rotatable bonds is 7. The van der Waals surface area contributed by atoms with Gasteiger partial charge < -0.3 is 19.6 Å². The van der Waals surface area contributed by atoms with Gasteiger partial charge in [-0.1, -0.05) is 40.2 Å². The molecule has 1 amide bonds. The van der Waals surface area contributed by atoms with Crippen LogP contribution < -0.4 is 4.74 Å². The van der Waals surface area contributed by atoms with E-state index in [-0.39, 0.29) is 11.3 Å². The zero-order valence-corrected chi connectivity index (χ0v) is 18.8. The van der Waals surface area contributed by atoms with Crippen LogP contribution in [0.15, 0.2) is 58.6 Å².